The molecule has 0 atom stereocenters. The number of amides is 1. The third-order valence-corrected chi connectivity index (χ3v) is 7.14. The molecule has 0 aliphatic carbocycles. The van der Waals surface area contributed by atoms with E-state index in [1.54, 1.807) is 30.3 Å². The molecule has 0 bridgehead atoms. The van der Waals surface area contributed by atoms with E-state index in [0.717, 1.165) is 10.7 Å². The fourth-order valence-corrected chi connectivity index (χ4v) is 4.82. The minimum atomic E-state index is -4.08. The second-order valence-corrected chi connectivity index (χ2v) is 10.1. The Labute approximate surface area is 232 Å². The quantitative estimate of drug-likeness (QED) is 0.261. The number of hydrogen-bond donors (Lipinski definition) is 2. The molecule has 0 aliphatic heterocycles. The number of ether oxygens (including phenoxy) is 2. The SMILES string of the molecule is COc1cc(NS(=O)(=O)c2ccc(NC(=O)c3cnn4c(C(F)F)cc(-c5ccccc5)nc34)cc2)nc(OC)n1. The van der Waals surface area contributed by atoms with Gasteiger partial charge in [0.1, 0.15) is 11.3 Å². The van der Waals surface area contributed by atoms with Gasteiger partial charge in [-0.1, -0.05) is 30.3 Å². The highest BCUT2D eigenvalue weighted by Crippen LogP contribution is 2.27. The third kappa shape index (κ3) is 5.74. The van der Waals surface area contributed by atoms with Crippen LogP contribution >= 0.6 is 0 Å². The lowest BCUT2D eigenvalue weighted by atomic mass is 10.1. The number of methoxy groups -OCH3 is 2. The summed E-state index contributed by atoms with van der Waals surface area (Å²) in [5, 5.41) is 6.56. The minimum absolute atomic E-state index is 0.0466. The maximum Gasteiger partial charge on any atom is 0.321 e. The van der Waals surface area contributed by atoms with Gasteiger partial charge >= 0.3 is 6.01 Å². The van der Waals surface area contributed by atoms with Crippen molar-refractivity contribution in [2.75, 3.05) is 24.3 Å². The molecule has 5 aromatic rings. The number of nitrogens with one attached hydrogen (secondary N) is 2. The number of benzene rings is 2. The lowest BCUT2D eigenvalue weighted by molar-refractivity contribution is 0.102. The molecule has 2 N–H and O–H groups in total. The number of halogens is 2. The number of carbonyl (C=O) groups is 1. The van der Waals surface area contributed by atoms with E-state index < -0.39 is 28.0 Å². The molecule has 0 spiro atoms. The Bertz CT molecular complexity index is 1810. The number of rotatable bonds is 9. The summed E-state index contributed by atoms with van der Waals surface area (Å²) < 4.78 is 66.6. The van der Waals surface area contributed by atoms with Gasteiger partial charge in [-0.15, -0.1) is 0 Å². The van der Waals surface area contributed by atoms with Gasteiger partial charge in [-0.3, -0.25) is 9.52 Å². The predicted octanol–water partition coefficient (Wildman–Crippen LogP) is 4.19. The van der Waals surface area contributed by atoms with Crippen molar-refractivity contribution >= 4 is 33.1 Å². The van der Waals surface area contributed by atoms with Gasteiger partial charge in [0.05, 0.1) is 31.0 Å². The topological polar surface area (TPSA) is 150 Å². The molecule has 3 aromatic heterocycles. The van der Waals surface area contributed by atoms with Crippen molar-refractivity contribution in [2.24, 2.45) is 0 Å². The van der Waals surface area contributed by atoms with Crippen LogP contribution in [0.2, 0.25) is 0 Å². The number of anilines is 2. The number of aromatic nitrogens is 5. The van der Waals surface area contributed by atoms with E-state index in [-0.39, 0.29) is 45.2 Å². The van der Waals surface area contributed by atoms with Crippen molar-refractivity contribution in [3.8, 4) is 23.1 Å². The molecule has 12 nitrogen and oxygen atoms in total. The number of sulfonamides is 1. The Hall–Kier alpha value is -5.18. The molecule has 0 unspecified atom stereocenters. The molecule has 0 aliphatic rings. The van der Waals surface area contributed by atoms with Crippen molar-refractivity contribution in [3.63, 3.8) is 0 Å². The van der Waals surface area contributed by atoms with Crippen LogP contribution in [0.3, 0.4) is 0 Å². The molecule has 0 radical (unpaired) electrons. The van der Waals surface area contributed by atoms with Gasteiger partial charge in [-0.2, -0.15) is 15.1 Å². The first kappa shape index (κ1) is 27.4. The average molecular weight is 582 g/mol. The van der Waals surface area contributed by atoms with Crippen molar-refractivity contribution in [3.05, 3.63) is 84.2 Å². The largest absolute Gasteiger partial charge is 0.481 e. The van der Waals surface area contributed by atoms with Crippen LogP contribution < -0.4 is 19.5 Å². The van der Waals surface area contributed by atoms with Crippen molar-refractivity contribution in [1.82, 2.24) is 24.6 Å². The fourth-order valence-electron chi connectivity index (χ4n) is 3.82. The van der Waals surface area contributed by atoms with Gasteiger partial charge in [0.2, 0.25) is 5.88 Å². The first-order valence-electron chi connectivity index (χ1n) is 11.8. The summed E-state index contributed by atoms with van der Waals surface area (Å²) in [5.74, 6) is -0.664. The van der Waals surface area contributed by atoms with Crippen LogP contribution in [-0.2, 0) is 10.0 Å². The first-order valence-corrected chi connectivity index (χ1v) is 13.3. The summed E-state index contributed by atoms with van der Waals surface area (Å²) in [5.41, 5.74) is 0.562. The maximum absolute atomic E-state index is 13.8. The zero-order chi connectivity index (χ0) is 29.1. The Kier molecular flexibility index (Phi) is 7.43. The van der Waals surface area contributed by atoms with Crippen LogP contribution in [0.25, 0.3) is 16.9 Å². The summed E-state index contributed by atoms with van der Waals surface area (Å²) >= 11 is 0. The van der Waals surface area contributed by atoms with Crippen LogP contribution in [0.1, 0.15) is 22.5 Å². The summed E-state index contributed by atoms with van der Waals surface area (Å²) in [4.78, 5) is 25.2. The second kappa shape index (κ2) is 11.1. The first-order chi connectivity index (χ1) is 19.7. The molecule has 0 fully saturated rings. The molecule has 5 rings (SSSR count). The number of alkyl halides is 2. The van der Waals surface area contributed by atoms with Crippen LogP contribution in [0.4, 0.5) is 20.3 Å². The van der Waals surface area contributed by atoms with E-state index in [4.69, 9.17) is 9.47 Å². The fraction of sp³-hybridized carbons (Fsp3) is 0.115. The zero-order valence-electron chi connectivity index (χ0n) is 21.4. The van der Waals surface area contributed by atoms with E-state index in [2.05, 4.69) is 30.1 Å². The molecule has 3 heterocycles. The van der Waals surface area contributed by atoms with Crippen molar-refractivity contribution in [2.45, 2.75) is 11.3 Å². The molecule has 1 amide bonds. The predicted molar refractivity (Wildman–Crippen MR) is 144 cm³/mol. The van der Waals surface area contributed by atoms with Crippen molar-refractivity contribution < 1.29 is 31.5 Å². The average Bonchev–Trinajstić information content (AvgIpc) is 3.41. The van der Waals surface area contributed by atoms with E-state index in [1.165, 1.54) is 50.6 Å². The summed E-state index contributed by atoms with van der Waals surface area (Å²) in [7, 11) is -1.40. The molecular formula is C26H21F2N7O5S. The van der Waals surface area contributed by atoms with E-state index in [0.29, 0.717) is 5.56 Å². The Morgan fingerprint density at radius 2 is 1.68 bits per heavy atom. The second-order valence-electron chi connectivity index (χ2n) is 8.39. The molecule has 15 heteroatoms. The molecule has 0 saturated heterocycles. The third-order valence-electron chi connectivity index (χ3n) is 5.77. The highest BCUT2D eigenvalue weighted by atomic mass is 32.2. The number of fused-ring (bicyclic) bond motifs is 1. The van der Waals surface area contributed by atoms with Gasteiger partial charge in [-0.05, 0) is 30.3 Å². The number of hydrogen-bond acceptors (Lipinski definition) is 9. The van der Waals surface area contributed by atoms with Crippen LogP contribution in [0, 0.1) is 0 Å². The smallest absolute Gasteiger partial charge is 0.321 e. The van der Waals surface area contributed by atoms with E-state index in [1.807, 2.05) is 0 Å². The number of carbonyl (C=O) groups excluding carboxylic acids is 1. The molecule has 2 aromatic carbocycles. The Morgan fingerprint density at radius 1 is 0.951 bits per heavy atom. The monoisotopic (exact) mass is 581 g/mol. The highest BCUT2D eigenvalue weighted by Gasteiger charge is 2.22. The molecular weight excluding hydrogens is 560 g/mol. The van der Waals surface area contributed by atoms with Gasteiger partial charge < -0.3 is 14.8 Å². The van der Waals surface area contributed by atoms with Gasteiger partial charge in [-0.25, -0.2) is 26.7 Å². The van der Waals surface area contributed by atoms with Crippen LogP contribution in [-0.4, -0.2) is 53.1 Å². The van der Waals surface area contributed by atoms with Crippen molar-refractivity contribution in [1.29, 1.82) is 0 Å². The van der Waals surface area contributed by atoms with Gasteiger partial charge in [0.15, 0.2) is 11.5 Å². The van der Waals surface area contributed by atoms with Crippen LogP contribution in [0.15, 0.2) is 77.8 Å². The maximum atomic E-state index is 13.8. The lowest BCUT2D eigenvalue weighted by Gasteiger charge is -2.11. The van der Waals surface area contributed by atoms with Crippen LogP contribution in [0.5, 0.6) is 11.9 Å². The summed E-state index contributed by atoms with van der Waals surface area (Å²) in [6.07, 6.45) is -1.72. The normalized spacial score (nSPS) is 11.4. The Morgan fingerprint density at radius 3 is 2.34 bits per heavy atom. The van der Waals surface area contributed by atoms with E-state index in [9.17, 15) is 22.0 Å². The van der Waals surface area contributed by atoms with Gasteiger partial charge in [0.25, 0.3) is 22.4 Å². The Balaban J connectivity index is 1.39. The van der Waals surface area contributed by atoms with Gasteiger partial charge in [0, 0.05) is 17.3 Å². The van der Waals surface area contributed by atoms with E-state index >= 15 is 0 Å². The lowest BCUT2D eigenvalue weighted by Crippen LogP contribution is -2.15. The standard InChI is InChI=1S/C26H21F2N7O5S/c1-39-22-13-21(32-26(33-22)40-2)34-41(37,38)17-10-8-16(9-11-17)30-25(36)18-14-29-35-20(23(27)28)12-19(31-24(18)35)15-6-4-3-5-7-15/h3-14,23H,1-2H3,(H,30,36)(H,32,33,34). The molecule has 41 heavy (non-hydrogen) atoms. The highest BCUT2D eigenvalue weighted by molar-refractivity contribution is 7.92. The minimum Gasteiger partial charge on any atom is -0.481 e. The molecule has 210 valence electrons. The molecule has 0 saturated carbocycles. The number of nitrogens with zero attached hydrogens (tertiary/aromatic N) is 5. The summed E-state index contributed by atoms with van der Waals surface area (Å²) in [6.45, 7) is 0. The summed E-state index contributed by atoms with van der Waals surface area (Å²) in [6, 6.07) is 16.4. The zero-order valence-corrected chi connectivity index (χ0v) is 22.3.